The summed E-state index contributed by atoms with van der Waals surface area (Å²) in [5.41, 5.74) is 5.29. The maximum atomic E-state index is 12.7. The second kappa shape index (κ2) is 7.24. The molecule has 1 N–H and O–H groups in total. The molecule has 7 heteroatoms. The second-order valence-electron chi connectivity index (χ2n) is 7.44. The summed E-state index contributed by atoms with van der Waals surface area (Å²) < 4.78 is 0. The van der Waals surface area contributed by atoms with E-state index >= 15 is 0 Å². The lowest BCUT2D eigenvalue weighted by atomic mass is 10.0. The van der Waals surface area contributed by atoms with Crippen LogP contribution in [0.2, 0.25) is 0 Å². The van der Waals surface area contributed by atoms with Crippen molar-refractivity contribution in [3.63, 3.8) is 0 Å². The molecule has 0 saturated heterocycles. The third-order valence-electron chi connectivity index (χ3n) is 5.43. The fourth-order valence-electron chi connectivity index (χ4n) is 3.94. The molecule has 0 atom stereocenters. The zero-order chi connectivity index (χ0) is 18.9. The molecular formula is C21H22N6O. The molecule has 28 heavy (non-hydrogen) atoms. The van der Waals surface area contributed by atoms with Gasteiger partial charge in [-0.1, -0.05) is 12.1 Å². The molecule has 0 amide bonds. The molecule has 4 heterocycles. The van der Waals surface area contributed by atoms with Gasteiger partial charge in [0.05, 0.1) is 39.9 Å². The van der Waals surface area contributed by atoms with Crippen molar-refractivity contribution in [1.29, 1.82) is 0 Å². The number of hydrogen-bond donors (Lipinski definition) is 1. The predicted molar refractivity (Wildman–Crippen MR) is 107 cm³/mol. The summed E-state index contributed by atoms with van der Waals surface area (Å²) >= 11 is 0. The highest BCUT2D eigenvalue weighted by atomic mass is 16.1. The highest BCUT2D eigenvalue weighted by Gasteiger charge is 2.23. The van der Waals surface area contributed by atoms with Crippen LogP contribution in [-0.2, 0) is 19.5 Å². The molecule has 0 radical (unpaired) electrons. The third-order valence-corrected chi connectivity index (χ3v) is 5.43. The molecule has 5 rings (SSSR count). The van der Waals surface area contributed by atoms with Crippen LogP contribution in [0, 0.1) is 0 Å². The van der Waals surface area contributed by atoms with Gasteiger partial charge < -0.3 is 4.98 Å². The number of benzene rings is 1. The molecule has 0 fully saturated rings. The van der Waals surface area contributed by atoms with Crippen LogP contribution in [0.4, 0.5) is 0 Å². The van der Waals surface area contributed by atoms with E-state index in [4.69, 9.17) is 9.97 Å². The molecule has 0 unspecified atom stereocenters. The number of hydrogen-bond acceptors (Lipinski definition) is 6. The van der Waals surface area contributed by atoms with Crippen LogP contribution in [0.3, 0.4) is 0 Å². The summed E-state index contributed by atoms with van der Waals surface area (Å²) in [6.07, 6.45) is 5.71. The molecule has 0 bridgehead atoms. The Kier molecular flexibility index (Phi) is 4.44. The van der Waals surface area contributed by atoms with E-state index < -0.39 is 0 Å². The number of aromatic amines is 1. The zero-order valence-electron chi connectivity index (χ0n) is 15.7. The number of fused-ring (bicyclic) bond motifs is 2. The Balaban J connectivity index is 1.37. The Labute approximate surface area is 162 Å². The number of nitrogens with one attached hydrogen (secondary N) is 1. The molecule has 0 spiro atoms. The fraction of sp³-hybridized carbons (Fsp3) is 0.381. The normalized spacial score (nSPS) is 17.4. The minimum absolute atomic E-state index is 0.0393. The van der Waals surface area contributed by atoms with Gasteiger partial charge in [0, 0.05) is 32.6 Å². The number of H-pyrrole nitrogens is 1. The Morgan fingerprint density at radius 2 is 1.96 bits per heavy atom. The molecule has 0 aliphatic carbocycles. The van der Waals surface area contributed by atoms with E-state index in [1.54, 1.807) is 0 Å². The average Bonchev–Trinajstić information content (AvgIpc) is 2.74. The number of nitrogens with zero attached hydrogens (tertiary/aromatic N) is 5. The second-order valence-corrected chi connectivity index (χ2v) is 7.44. The Morgan fingerprint density at radius 3 is 2.82 bits per heavy atom. The standard InChI is InChI=1S/C21H22N6O/c28-21-15-13-27(12-14-11-23-17-5-1-2-6-18(17)24-14)10-8-16(15)25-20(26-21)19-7-3-4-9-22-19/h1-2,5-6,11H,3-4,7-10,12-13H2,(H,25,26,28). The van der Waals surface area contributed by atoms with Gasteiger partial charge in [0.1, 0.15) is 0 Å². The first kappa shape index (κ1) is 17.2. The molecule has 0 saturated carbocycles. The molecule has 2 aliphatic rings. The van der Waals surface area contributed by atoms with Gasteiger partial charge in [-0.25, -0.2) is 9.97 Å². The summed E-state index contributed by atoms with van der Waals surface area (Å²) in [5, 5.41) is 0. The van der Waals surface area contributed by atoms with E-state index in [1.165, 1.54) is 0 Å². The SMILES string of the molecule is O=c1[nH]c(C2=NCCCC2)nc2c1CN(Cc1cnc3ccccc3n1)CC2. The minimum Gasteiger partial charge on any atom is -0.305 e. The van der Waals surface area contributed by atoms with Gasteiger partial charge >= 0.3 is 0 Å². The number of aliphatic imine (C=N–C) groups is 1. The molecule has 3 aromatic rings. The highest BCUT2D eigenvalue weighted by Crippen LogP contribution is 2.18. The van der Waals surface area contributed by atoms with Crippen molar-refractivity contribution < 1.29 is 0 Å². The minimum atomic E-state index is -0.0393. The summed E-state index contributed by atoms with van der Waals surface area (Å²) in [4.78, 5) is 36.4. The van der Waals surface area contributed by atoms with E-state index in [2.05, 4.69) is 19.9 Å². The average molecular weight is 374 g/mol. The summed E-state index contributed by atoms with van der Waals surface area (Å²) in [5.74, 6) is 0.664. The predicted octanol–water partition coefficient (Wildman–Crippen LogP) is 2.24. The molecule has 2 aromatic heterocycles. The van der Waals surface area contributed by atoms with Gasteiger partial charge in [-0.05, 0) is 31.4 Å². The lowest BCUT2D eigenvalue weighted by molar-refractivity contribution is 0.239. The molecule has 7 nitrogen and oxygen atoms in total. The Morgan fingerprint density at radius 1 is 1.07 bits per heavy atom. The third kappa shape index (κ3) is 3.33. The van der Waals surface area contributed by atoms with E-state index in [1.807, 2.05) is 30.5 Å². The number of para-hydroxylation sites is 2. The fourth-order valence-corrected chi connectivity index (χ4v) is 3.94. The maximum absolute atomic E-state index is 12.7. The molecule has 142 valence electrons. The first-order chi connectivity index (χ1) is 13.8. The van der Waals surface area contributed by atoms with Crippen molar-refractivity contribution in [2.45, 2.75) is 38.8 Å². The molecular weight excluding hydrogens is 352 g/mol. The van der Waals surface area contributed by atoms with E-state index in [-0.39, 0.29) is 5.56 Å². The maximum Gasteiger partial charge on any atom is 0.255 e. The number of aromatic nitrogens is 4. The first-order valence-corrected chi connectivity index (χ1v) is 9.85. The first-order valence-electron chi connectivity index (χ1n) is 9.85. The highest BCUT2D eigenvalue weighted by molar-refractivity contribution is 5.97. The quantitative estimate of drug-likeness (QED) is 0.760. The van der Waals surface area contributed by atoms with Crippen LogP contribution >= 0.6 is 0 Å². The van der Waals surface area contributed by atoms with E-state index in [0.717, 1.165) is 72.5 Å². The smallest absolute Gasteiger partial charge is 0.255 e. The van der Waals surface area contributed by atoms with Crippen LogP contribution in [0.1, 0.15) is 42.0 Å². The van der Waals surface area contributed by atoms with Crippen LogP contribution < -0.4 is 5.56 Å². The summed E-state index contributed by atoms with van der Waals surface area (Å²) in [7, 11) is 0. The Hall–Kier alpha value is -2.93. The van der Waals surface area contributed by atoms with Crippen molar-refractivity contribution in [3.8, 4) is 0 Å². The van der Waals surface area contributed by atoms with Crippen molar-refractivity contribution in [2.24, 2.45) is 4.99 Å². The van der Waals surface area contributed by atoms with Crippen molar-refractivity contribution in [1.82, 2.24) is 24.8 Å². The van der Waals surface area contributed by atoms with Crippen LogP contribution in [-0.4, -0.2) is 43.6 Å². The van der Waals surface area contributed by atoms with Crippen molar-refractivity contribution in [2.75, 3.05) is 13.1 Å². The van der Waals surface area contributed by atoms with Gasteiger partial charge in [-0.3, -0.25) is 19.7 Å². The van der Waals surface area contributed by atoms with Crippen LogP contribution in [0.15, 0.2) is 40.2 Å². The Bertz CT molecular complexity index is 1120. The molecule has 1 aromatic carbocycles. The van der Waals surface area contributed by atoms with Crippen molar-refractivity contribution in [3.05, 3.63) is 63.6 Å². The zero-order valence-corrected chi connectivity index (χ0v) is 15.7. The topological polar surface area (TPSA) is 87.1 Å². The lowest BCUT2D eigenvalue weighted by Crippen LogP contribution is -2.36. The lowest BCUT2D eigenvalue weighted by Gasteiger charge is -2.27. The van der Waals surface area contributed by atoms with E-state index in [0.29, 0.717) is 18.9 Å². The summed E-state index contributed by atoms with van der Waals surface area (Å²) in [6, 6.07) is 7.87. The van der Waals surface area contributed by atoms with Crippen LogP contribution in [0.25, 0.3) is 11.0 Å². The number of rotatable bonds is 3. The molecule has 2 aliphatic heterocycles. The van der Waals surface area contributed by atoms with E-state index in [9.17, 15) is 4.79 Å². The van der Waals surface area contributed by atoms with Crippen LogP contribution in [0.5, 0.6) is 0 Å². The van der Waals surface area contributed by atoms with Gasteiger partial charge in [0.25, 0.3) is 5.56 Å². The largest absolute Gasteiger partial charge is 0.305 e. The van der Waals surface area contributed by atoms with Gasteiger partial charge in [0.15, 0.2) is 5.82 Å². The van der Waals surface area contributed by atoms with Gasteiger partial charge in [-0.15, -0.1) is 0 Å². The van der Waals surface area contributed by atoms with Gasteiger partial charge in [-0.2, -0.15) is 0 Å². The monoisotopic (exact) mass is 374 g/mol. The summed E-state index contributed by atoms with van der Waals surface area (Å²) in [6.45, 7) is 2.94. The van der Waals surface area contributed by atoms with Gasteiger partial charge in [0.2, 0.25) is 0 Å². The van der Waals surface area contributed by atoms with Crippen molar-refractivity contribution >= 4 is 16.7 Å².